The number of aromatic nitrogens is 1. The molecule has 1 aromatic rings. The molecule has 2 atom stereocenters. The van der Waals surface area contributed by atoms with Gasteiger partial charge < -0.3 is 10.2 Å². The van der Waals surface area contributed by atoms with Crippen LogP contribution in [0.15, 0.2) is 12.3 Å². The minimum absolute atomic E-state index is 0.0717. The lowest BCUT2D eigenvalue weighted by molar-refractivity contribution is -0.385. The van der Waals surface area contributed by atoms with Gasteiger partial charge in [-0.2, -0.15) is 0 Å². The van der Waals surface area contributed by atoms with Crippen molar-refractivity contribution < 1.29 is 4.92 Å². The first kappa shape index (κ1) is 13.6. The molecule has 2 unspecified atom stereocenters. The van der Waals surface area contributed by atoms with Gasteiger partial charge in [-0.15, -0.1) is 0 Å². The molecule has 2 bridgehead atoms. The van der Waals surface area contributed by atoms with Crippen molar-refractivity contribution in [1.82, 2.24) is 10.3 Å². The Balaban J connectivity index is 1.80. The summed E-state index contributed by atoms with van der Waals surface area (Å²) in [5.41, 5.74) is -0.0717. The first-order chi connectivity index (χ1) is 9.54. The molecule has 20 heavy (non-hydrogen) atoms. The molecule has 3 heterocycles. The van der Waals surface area contributed by atoms with Crippen LogP contribution < -0.4 is 10.2 Å². The van der Waals surface area contributed by atoms with Crippen molar-refractivity contribution in [3.8, 4) is 0 Å². The highest BCUT2D eigenvalue weighted by Gasteiger charge is 2.35. The standard InChI is InChI=1S/C13H17ClN4O2/c1-17(10-4-8-2-3-9(5-10)16-8)13-12(14)6-11(7-15-13)18(19)20/h6-10,16H,2-5H2,1H3. The Labute approximate surface area is 122 Å². The van der Waals surface area contributed by atoms with E-state index in [2.05, 4.69) is 15.2 Å². The second kappa shape index (κ2) is 5.18. The highest BCUT2D eigenvalue weighted by Crippen LogP contribution is 2.34. The van der Waals surface area contributed by atoms with Crippen molar-refractivity contribution in [1.29, 1.82) is 0 Å². The number of nitrogens with zero attached hydrogens (tertiary/aromatic N) is 3. The number of nitrogens with one attached hydrogen (secondary N) is 1. The highest BCUT2D eigenvalue weighted by molar-refractivity contribution is 6.33. The number of hydrogen-bond donors (Lipinski definition) is 1. The fourth-order valence-electron chi connectivity index (χ4n) is 3.30. The molecule has 6 nitrogen and oxygen atoms in total. The van der Waals surface area contributed by atoms with E-state index >= 15 is 0 Å². The molecule has 0 aromatic carbocycles. The fraction of sp³-hybridized carbons (Fsp3) is 0.615. The molecule has 2 aliphatic heterocycles. The van der Waals surface area contributed by atoms with Gasteiger partial charge in [-0.05, 0) is 25.7 Å². The van der Waals surface area contributed by atoms with Crippen molar-refractivity contribution in [2.24, 2.45) is 0 Å². The van der Waals surface area contributed by atoms with Crippen molar-refractivity contribution in [2.75, 3.05) is 11.9 Å². The summed E-state index contributed by atoms with van der Waals surface area (Å²) in [6.07, 6.45) is 5.88. The second-order valence-corrected chi connectivity index (χ2v) is 6.04. The molecule has 0 spiro atoms. The van der Waals surface area contributed by atoms with E-state index in [9.17, 15) is 10.1 Å². The molecule has 0 radical (unpaired) electrons. The topological polar surface area (TPSA) is 71.3 Å². The van der Waals surface area contributed by atoms with Crippen molar-refractivity contribution in [3.05, 3.63) is 27.4 Å². The van der Waals surface area contributed by atoms with Crippen LogP contribution >= 0.6 is 11.6 Å². The van der Waals surface area contributed by atoms with E-state index in [0.717, 1.165) is 12.8 Å². The minimum Gasteiger partial charge on any atom is -0.355 e. The average molecular weight is 297 g/mol. The predicted molar refractivity (Wildman–Crippen MR) is 77.3 cm³/mol. The summed E-state index contributed by atoms with van der Waals surface area (Å²) in [5, 5.41) is 14.7. The van der Waals surface area contributed by atoms with E-state index in [1.807, 2.05) is 7.05 Å². The van der Waals surface area contributed by atoms with Crippen LogP contribution in [0.1, 0.15) is 25.7 Å². The summed E-state index contributed by atoms with van der Waals surface area (Å²) >= 11 is 6.15. The summed E-state index contributed by atoms with van der Waals surface area (Å²) in [6.45, 7) is 0. The quantitative estimate of drug-likeness (QED) is 0.685. The van der Waals surface area contributed by atoms with Crippen molar-refractivity contribution >= 4 is 23.1 Å². The fourth-order valence-corrected chi connectivity index (χ4v) is 3.59. The SMILES string of the molecule is CN(c1ncc([N+](=O)[O-])cc1Cl)C1CC2CCC(C1)N2. The maximum absolute atomic E-state index is 10.7. The summed E-state index contributed by atoms with van der Waals surface area (Å²) < 4.78 is 0. The maximum Gasteiger partial charge on any atom is 0.289 e. The van der Waals surface area contributed by atoms with Crippen LogP contribution in [0.2, 0.25) is 5.02 Å². The molecular weight excluding hydrogens is 280 g/mol. The first-order valence-electron chi connectivity index (χ1n) is 6.83. The van der Waals surface area contributed by atoms with Crippen molar-refractivity contribution in [3.63, 3.8) is 0 Å². The number of hydrogen-bond acceptors (Lipinski definition) is 5. The van der Waals surface area contributed by atoms with Crippen LogP contribution in [-0.4, -0.2) is 35.1 Å². The van der Waals surface area contributed by atoms with Gasteiger partial charge in [-0.3, -0.25) is 10.1 Å². The van der Waals surface area contributed by atoms with E-state index in [1.165, 1.54) is 25.1 Å². The number of nitro groups is 1. The molecule has 0 aliphatic carbocycles. The molecule has 2 saturated heterocycles. The zero-order chi connectivity index (χ0) is 14.3. The van der Waals surface area contributed by atoms with Crippen molar-refractivity contribution in [2.45, 2.75) is 43.8 Å². The Bertz CT molecular complexity index is 527. The lowest BCUT2D eigenvalue weighted by Gasteiger charge is -2.36. The summed E-state index contributed by atoms with van der Waals surface area (Å²) in [4.78, 5) is 16.5. The van der Waals surface area contributed by atoms with Gasteiger partial charge >= 0.3 is 0 Å². The van der Waals surface area contributed by atoms with Crippen LogP contribution in [0.5, 0.6) is 0 Å². The van der Waals surface area contributed by atoms with E-state index in [-0.39, 0.29) is 5.69 Å². The number of piperidine rings is 1. The Hall–Kier alpha value is -1.40. The Morgan fingerprint density at radius 2 is 2.10 bits per heavy atom. The van der Waals surface area contributed by atoms with E-state index in [0.29, 0.717) is 29.0 Å². The van der Waals surface area contributed by atoms with Crippen LogP contribution in [0, 0.1) is 10.1 Å². The normalized spacial score (nSPS) is 28.4. The van der Waals surface area contributed by atoms with Gasteiger partial charge in [-0.25, -0.2) is 4.98 Å². The molecule has 3 rings (SSSR count). The third-order valence-corrected chi connectivity index (χ3v) is 4.63. The molecular formula is C13H17ClN4O2. The third kappa shape index (κ3) is 2.45. The second-order valence-electron chi connectivity index (χ2n) is 5.63. The van der Waals surface area contributed by atoms with Gasteiger partial charge in [0.1, 0.15) is 12.0 Å². The lowest BCUT2D eigenvalue weighted by atomic mass is 9.98. The molecule has 0 saturated carbocycles. The monoisotopic (exact) mass is 296 g/mol. The largest absolute Gasteiger partial charge is 0.355 e. The highest BCUT2D eigenvalue weighted by atomic mass is 35.5. The molecule has 108 valence electrons. The smallest absolute Gasteiger partial charge is 0.289 e. The summed E-state index contributed by atoms with van der Waals surface area (Å²) in [5.74, 6) is 0.628. The minimum atomic E-state index is -0.479. The maximum atomic E-state index is 10.7. The van der Waals surface area contributed by atoms with Gasteiger partial charge in [-0.1, -0.05) is 11.6 Å². The number of halogens is 1. The molecule has 0 amide bonds. The summed E-state index contributed by atoms with van der Waals surface area (Å²) in [6, 6.07) is 2.92. The molecule has 2 fully saturated rings. The van der Waals surface area contributed by atoms with E-state index < -0.39 is 4.92 Å². The Morgan fingerprint density at radius 1 is 1.45 bits per heavy atom. The van der Waals surface area contributed by atoms with Crippen LogP contribution in [0.25, 0.3) is 0 Å². The van der Waals surface area contributed by atoms with Gasteiger partial charge in [0, 0.05) is 31.2 Å². The van der Waals surface area contributed by atoms with Crippen LogP contribution in [-0.2, 0) is 0 Å². The molecule has 7 heteroatoms. The zero-order valence-electron chi connectivity index (χ0n) is 11.3. The molecule has 1 N–H and O–H groups in total. The number of pyridine rings is 1. The molecule has 2 aliphatic rings. The Kier molecular flexibility index (Phi) is 3.52. The first-order valence-corrected chi connectivity index (χ1v) is 7.21. The van der Waals surface area contributed by atoms with E-state index in [4.69, 9.17) is 11.6 Å². The average Bonchev–Trinajstić information content (AvgIpc) is 2.76. The van der Waals surface area contributed by atoms with Crippen LogP contribution in [0.4, 0.5) is 11.5 Å². The lowest BCUT2D eigenvalue weighted by Crippen LogP contribution is -2.47. The van der Waals surface area contributed by atoms with Gasteiger partial charge in [0.2, 0.25) is 0 Å². The number of fused-ring (bicyclic) bond motifs is 2. The zero-order valence-corrected chi connectivity index (χ0v) is 12.0. The Morgan fingerprint density at radius 3 is 2.65 bits per heavy atom. The van der Waals surface area contributed by atoms with E-state index in [1.54, 1.807) is 0 Å². The van der Waals surface area contributed by atoms with Gasteiger partial charge in [0.05, 0.1) is 9.95 Å². The predicted octanol–water partition coefficient (Wildman–Crippen LogP) is 2.36. The summed E-state index contributed by atoms with van der Waals surface area (Å²) in [7, 11) is 1.97. The third-order valence-electron chi connectivity index (χ3n) is 4.35. The van der Waals surface area contributed by atoms with Gasteiger partial charge in [0.25, 0.3) is 5.69 Å². The number of anilines is 1. The van der Waals surface area contributed by atoms with Gasteiger partial charge in [0.15, 0.2) is 0 Å². The molecule has 1 aromatic heterocycles. The number of rotatable bonds is 3. The van der Waals surface area contributed by atoms with Crippen LogP contribution in [0.3, 0.4) is 0 Å².